The predicted molar refractivity (Wildman–Crippen MR) is 130 cm³/mol. The first-order valence-corrected chi connectivity index (χ1v) is 12.0. The average Bonchev–Trinajstić information content (AvgIpc) is 3.31. The number of nitrogens with one attached hydrogen (secondary N) is 1. The molecule has 0 spiro atoms. The number of phenols is 1. The van der Waals surface area contributed by atoms with Gasteiger partial charge in [0.05, 0.1) is 0 Å². The molecule has 2 amide bonds. The molecule has 13 nitrogen and oxygen atoms in total. The lowest BCUT2D eigenvalue weighted by atomic mass is 10.0. The van der Waals surface area contributed by atoms with Gasteiger partial charge in [-0.2, -0.15) is 4.98 Å². The lowest BCUT2D eigenvalue weighted by Crippen LogP contribution is -2.71. The number of carbonyl (C=O) groups excluding carboxylic acids is 2. The van der Waals surface area contributed by atoms with Crippen LogP contribution in [0.4, 0.5) is 6.01 Å². The molecule has 2 atom stereocenters. The Morgan fingerprint density at radius 1 is 1.41 bits per heavy atom. The van der Waals surface area contributed by atoms with Crippen LogP contribution in [-0.4, -0.2) is 67.9 Å². The minimum atomic E-state index is -1.24. The Morgan fingerprint density at radius 2 is 2.22 bits per heavy atom. The van der Waals surface area contributed by atoms with Crippen LogP contribution in [0.1, 0.15) is 5.69 Å². The number of hydrogen-bond acceptors (Lipinski definition) is 10. The molecule has 2 aromatic heterocycles. The quantitative estimate of drug-likeness (QED) is 0.144. The van der Waals surface area contributed by atoms with Gasteiger partial charge >= 0.3 is 5.97 Å². The smallest absolute Gasteiger partial charge is 0.352 e. The number of amides is 2. The Kier molecular flexibility index (Phi) is 6.17. The van der Waals surface area contributed by atoms with Crippen LogP contribution in [0.25, 0.3) is 10.8 Å². The summed E-state index contributed by atoms with van der Waals surface area (Å²) in [6.07, 6.45) is 4.66. The lowest BCUT2D eigenvalue weighted by Gasteiger charge is -2.49. The van der Waals surface area contributed by atoms with Crippen molar-refractivity contribution < 1.29 is 38.4 Å². The van der Waals surface area contributed by atoms with Gasteiger partial charge in [-0.25, -0.2) is 9.36 Å². The molecule has 2 aliphatic rings. The van der Waals surface area contributed by atoms with Crippen molar-refractivity contribution in [3.63, 3.8) is 0 Å². The normalized spacial score (nSPS) is 19.4. The number of fused-ring (bicyclic) bond motifs is 2. The summed E-state index contributed by atoms with van der Waals surface area (Å²) in [6, 6.07) is 5.74. The second-order valence-corrected chi connectivity index (χ2v) is 9.31. The van der Waals surface area contributed by atoms with Crippen LogP contribution < -0.4 is 15.6 Å². The summed E-state index contributed by atoms with van der Waals surface area (Å²) in [5.74, 6) is -2.08. The number of hydrogen-bond donors (Lipinski definition) is 4. The van der Waals surface area contributed by atoms with Gasteiger partial charge in [0.1, 0.15) is 41.9 Å². The van der Waals surface area contributed by atoms with E-state index in [1.54, 1.807) is 35.2 Å². The number of carboxylic acid groups (broad SMARTS) is 1. The number of oxazole rings is 1. The largest absolute Gasteiger partial charge is 0.507 e. The fourth-order valence-corrected chi connectivity index (χ4v) is 5.62. The molecule has 14 heteroatoms. The average molecular weight is 526 g/mol. The van der Waals surface area contributed by atoms with Crippen molar-refractivity contribution in [2.24, 2.45) is 5.16 Å². The highest BCUT2D eigenvalue weighted by atomic mass is 32.2. The zero-order valence-electron chi connectivity index (χ0n) is 19.3. The third kappa shape index (κ3) is 4.31. The molecular weight excluding hydrogens is 504 g/mol. The summed E-state index contributed by atoms with van der Waals surface area (Å²) in [4.78, 5) is 47.8. The molecule has 5 N–H and O–H groups in total. The Bertz CT molecular complexity index is 1500. The fraction of sp³-hybridized carbons (Fsp3) is 0.217. The summed E-state index contributed by atoms with van der Waals surface area (Å²) >= 11 is 1.34. The third-order valence-corrected chi connectivity index (χ3v) is 7.27. The molecule has 1 fully saturated rings. The van der Waals surface area contributed by atoms with E-state index in [2.05, 4.69) is 15.5 Å². The highest BCUT2D eigenvalue weighted by Crippen LogP contribution is 2.40. The van der Waals surface area contributed by atoms with Crippen LogP contribution in [0.2, 0.25) is 0 Å². The van der Waals surface area contributed by atoms with Gasteiger partial charge in [-0.3, -0.25) is 14.5 Å². The Balaban J connectivity index is 1.36. The van der Waals surface area contributed by atoms with Crippen molar-refractivity contribution in [3.8, 4) is 5.75 Å². The van der Waals surface area contributed by atoms with Gasteiger partial charge in [0.2, 0.25) is 0 Å². The van der Waals surface area contributed by atoms with E-state index in [9.17, 15) is 24.6 Å². The Morgan fingerprint density at radius 3 is 2.92 bits per heavy atom. The standard InChI is InChI=1S/C23H20N6O7S/c1-35-27-16(14-9-36-23(24)25-14)19(31)26-17-20(32)29-18(22(33)34)12(10-37-21(17)29)8-28-6-5-13-11(7-28)3-2-4-15(13)30/h2-7,9,17,21H,8,10H2,1H3,(H4-,24,25,26,30,31,33,34)/p+1/b27-16-/t17?,21-/m1/s1. The molecule has 37 heavy (non-hydrogen) atoms. The highest BCUT2D eigenvalue weighted by molar-refractivity contribution is 8.00. The topological polar surface area (TPSA) is 184 Å². The monoisotopic (exact) mass is 525 g/mol. The van der Waals surface area contributed by atoms with E-state index in [4.69, 9.17) is 15.0 Å². The second-order valence-electron chi connectivity index (χ2n) is 8.21. The number of thioether (sulfide) groups is 1. The van der Waals surface area contributed by atoms with E-state index in [1.165, 1.54) is 23.8 Å². The number of benzene rings is 1. The van der Waals surface area contributed by atoms with Crippen LogP contribution >= 0.6 is 11.8 Å². The summed E-state index contributed by atoms with van der Waals surface area (Å²) in [7, 11) is 1.24. The molecule has 4 heterocycles. The SMILES string of the molecule is CO/N=C(\C(=O)NC1C(=O)N2C(C(=O)O)=C(C[n+]3ccc4c(O)cccc4c3)CS[C@H]12)c1coc(N)n1. The number of phenolic OH excluding ortho intramolecular Hbond substituents is 1. The van der Waals surface area contributed by atoms with Gasteiger partial charge in [-0.1, -0.05) is 11.2 Å². The van der Waals surface area contributed by atoms with E-state index in [0.29, 0.717) is 16.7 Å². The number of aliphatic carboxylic acids is 1. The van der Waals surface area contributed by atoms with Gasteiger partial charge in [0.25, 0.3) is 17.8 Å². The van der Waals surface area contributed by atoms with Crippen LogP contribution in [0.15, 0.2) is 63.8 Å². The minimum absolute atomic E-state index is 0.0194. The number of nitrogen functional groups attached to an aromatic ring is 1. The van der Waals surface area contributed by atoms with Gasteiger partial charge < -0.3 is 30.5 Å². The first-order chi connectivity index (χ1) is 17.8. The molecule has 0 radical (unpaired) electrons. The zero-order chi connectivity index (χ0) is 26.3. The van der Waals surface area contributed by atoms with Gasteiger partial charge in [-0.15, -0.1) is 11.8 Å². The van der Waals surface area contributed by atoms with E-state index >= 15 is 0 Å². The van der Waals surface area contributed by atoms with Crippen molar-refractivity contribution in [1.29, 1.82) is 0 Å². The number of aromatic hydroxyl groups is 1. The van der Waals surface area contributed by atoms with E-state index < -0.39 is 29.2 Å². The van der Waals surface area contributed by atoms with Crippen molar-refractivity contribution in [1.82, 2.24) is 15.2 Å². The maximum Gasteiger partial charge on any atom is 0.352 e. The zero-order valence-corrected chi connectivity index (χ0v) is 20.1. The first kappa shape index (κ1) is 24.1. The van der Waals surface area contributed by atoms with Crippen molar-refractivity contribution in [2.75, 3.05) is 18.6 Å². The first-order valence-electron chi connectivity index (χ1n) is 10.9. The number of carbonyl (C=O) groups is 3. The van der Waals surface area contributed by atoms with Crippen LogP contribution in [0.3, 0.4) is 0 Å². The second kappa shape index (κ2) is 9.46. The van der Waals surface area contributed by atoms with Crippen LogP contribution in [-0.2, 0) is 25.8 Å². The van der Waals surface area contributed by atoms with E-state index in [-0.39, 0.29) is 35.4 Å². The highest BCUT2D eigenvalue weighted by Gasteiger charge is 2.54. The number of anilines is 1. The minimum Gasteiger partial charge on any atom is -0.507 e. The number of nitrogens with zero attached hydrogens (tertiary/aromatic N) is 4. The Labute approximate surface area is 213 Å². The van der Waals surface area contributed by atoms with Crippen LogP contribution in [0, 0.1) is 0 Å². The number of rotatable bonds is 7. The van der Waals surface area contributed by atoms with Crippen LogP contribution in [0.5, 0.6) is 5.75 Å². The maximum absolute atomic E-state index is 13.0. The molecular formula is C23H21N6O7S+. The van der Waals surface area contributed by atoms with E-state index in [0.717, 1.165) is 11.6 Å². The molecule has 1 aromatic carbocycles. The molecule has 0 saturated carbocycles. The summed E-state index contributed by atoms with van der Waals surface area (Å²) in [6.45, 7) is 0.228. The lowest BCUT2D eigenvalue weighted by molar-refractivity contribution is -0.687. The van der Waals surface area contributed by atoms with Gasteiger partial charge in [-0.05, 0) is 12.1 Å². The molecule has 2 aliphatic heterocycles. The number of β-lactam (4-membered cyclic amide) rings is 1. The number of nitrogens with two attached hydrogens (primary N) is 1. The molecule has 0 aliphatic carbocycles. The summed E-state index contributed by atoms with van der Waals surface area (Å²) in [5.41, 5.74) is 5.66. The number of aromatic nitrogens is 2. The predicted octanol–water partition coefficient (Wildman–Crippen LogP) is 0.192. The van der Waals surface area contributed by atoms with Gasteiger partial charge in [0, 0.05) is 28.2 Å². The number of pyridine rings is 1. The molecule has 1 unspecified atom stereocenters. The number of carboxylic acids is 1. The number of oxime groups is 1. The molecule has 0 bridgehead atoms. The molecule has 5 rings (SSSR count). The molecule has 3 aromatic rings. The van der Waals surface area contributed by atoms with Gasteiger partial charge in [0.15, 0.2) is 24.7 Å². The summed E-state index contributed by atoms with van der Waals surface area (Å²) < 4.78 is 6.70. The van der Waals surface area contributed by atoms with E-state index in [1.807, 2.05) is 6.07 Å². The summed E-state index contributed by atoms with van der Waals surface area (Å²) in [5, 5.41) is 27.0. The maximum atomic E-state index is 13.0. The molecule has 1 saturated heterocycles. The third-order valence-electron chi connectivity index (χ3n) is 5.93. The fourth-order valence-electron chi connectivity index (χ4n) is 4.28. The molecule has 190 valence electrons. The van der Waals surface area contributed by atoms with Crippen molar-refractivity contribution in [2.45, 2.75) is 18.0 Å². The Hall–Kier alpha value is -4.59. The van der Waals surface area contributed by atoms with Crippen molar-refractivity contribution in [3.05, 3.63) is 59.9 Å². The van der Waals surface area contributed by atoms with Crippen molar-refractivity contribution >= 4 is 52.0 Å².